The van der Waals surface area contributed by atoms with Crippen molar-refractivity contribution in [3.05, 3.63) is 28.5 Å². The molecule has 1 rings (SSSR count). The third kappa shape index (κ3) is 2.36. The molecule has 1 aromatic rings. The highest BCUT2D eigenvalue weighted by Gasteiger charge is 1.95. The van der Waals surface area contributed by atoms with E-state index in [2.05, 4.69) is 26.8 Å². The number of rotatable bonds is 2. The topological polar surface area (TPSA) is 12.9 Å². The SMILES string of the molecule is C#CCCc1ccncc1Br. The molecular formula is C9H8BrN. The second kappa shape index (κ2) is 4.15. The number of aromatic nitrogens is 1. The average Bonchev–Trinajstić information content (AvgIpc) is 2.03. The lowest BCUT2D eigenvalue weighted by Gasteiger charge is -1.98. The molecule has 0 aliphatic rings. The second-order valence-corrected chi connectivity index (χ2v) is 3.03. The summed E-state index contributed by atoms with van der Waals surface area (Å²) < 4.78 is 1.04. The highest BCUT2D eigenvalue weighted by molar-refractivity contribution is 9.10. The summed E-state index contributed by atoms with van der Waals surface area (Å²) in [5.41, 5.74) is 1.22. The zero-order valence-electron chi connectivity index (χ0n) is 6.05. The lowest BCUT2D eigenvalue weighted by molar-refractivity contribution is 1.01. The average molecular weight is 210 g/mol. The first-order valence-corrected chi connectivity index (χ1v) is 4.15. The molecular weight excluding hydrogens is 202 g/mol. The summed E-state index contributed by atoms with van der Waals surface area (Å²) in [5, 5.41) is 0. The van der Waals surface area contributed by atoms with Crippen LogP contribution < -0.4 is 0 Å². The summed E-state index contributed by atoms with van der Waals surface area (Å²) in [6.07, 6.45) is 10.4. The van der Waals surface area contributed by atoms with Gasteiger partial charge in [-0.3, -0.25) is 4.98 Å². The molecule has 1 nitrogen and oxygen atoms in total. The fourth-order valence-electron chi connectivity index (χ4n) is 0.814. The molecule has 0 N–H and O–H groups in total. The first-order valence-electron chi connectivity index (χ1n) is 3.36. The highest BCUT2D eigenvalue weighted by Crippen LogP contribution is 2.15. The van der Waals surface area contributed by atoms with Crippen LogP contribution in [0.3, 0.4) is 0 Å². The molecule has 56 valence electrons. The van der Waals surface area contributed by atoms with E-state index < -0.39 is 0 Å². The van der Waals surface area contributed by atoms with Gasteiger partial charge in [0.05, 0.1) is 0 Å². The largest absolute Gasteiger partial charge is 0.264 e. The Morgan fingerprint density at radius 3 is 3.09 bits per heavy atom. The van der Waals surface area contributed by atoms with E-state index in [1.807, 2.05) is 6.07 Å². The Morgan fingerprint density at radius 2 is 2.45 bits per heavy atom. The molecule has 1 aromatic heterocycles. The number of terminal acetylenes is 1. The van der Waals surface area contributed by atoms with E-state index >= 15 is 0 Å². The molecule has 0 atom stereocenters. The van der Waals surface area contributed by atoms with E-state index in [0.29, 0.717) is 0 Å². The molecule has 0 fully saturated rings. The Labute approximate surface area is 75.0 Å². The van der Waals surface area contributed by atoms with E-state index in [4.69, 9.17) is 6.42 Å². The van der Waals surface area contributed by atoms with Gasteiger partial charge in [-0.1, -0.05) is 0 Å². The normalized spacial score (nSPS) is 9.09. The Hall–Kier alpha value is -0.810. The van der Waals surface area contributed by atoms with Crippen molar-refractivity contribution in [2.75, 3.05) is 0 Å². The standard InChI is InChI=1S/C9H8BrN/c1-2-3-4-8-5-6-11-7-9(8)10/h1,5-7H,3-4H2. The van der Waals surface area contributed by atoms with Gasteiger partial charge in [-0.15, -0.1) is 12.3 Å². The van der Waals surface area contributed by atoms with Gasteiger partial charge in [0.25, 0.3) is 0 Å². The first kappa shape index (κ1) is 8.29. The molecule has 0 bridgehead atoms. The maximum absolute atomic E-state index is 5.15. The van der Waals surface area contributed by atoms with E-state index in [0.717, 1.165) is 17.3 Å². The predicted molar refractivity (Wildman–Crippen MR) is 49.1 cm³/mol. The summed E-state index contributed by atoms with van der Waals surface area (Å²) in [7, 11) is 0. The summed E-state index contributed by atoms with van der Waals surface area (Å²) >= 11 is 3.40. The lowest BCUT2D eigenvalue weighted by atomic mass is 10.1. The minimum absolute atomic E-state index is 0.780. The number of aryl methyl sites for hydroxylation is 1. The summed E-state index contributed by atoms with van der Waals surface area (Å²) in [6.45, 7) is 0. The maximum atomic E-state index is 5.15. The second-order valence-electron chi connectivity index (χ2n) is 2.17. The van der Waals surface area contributed by atoms with Crippen LogP contribution in [0.1, 0.15) is 12.0 Å². The zero-order chi connectivity index (χ0) is 8.10. The van der Waals surface area contributed by atoms with Crippen LogP contribution in [0.4, 0.5) is 0 Å². The third-order valence-corrected chi connectivity index (χ3v) is 2.11. The van der Waals surface area contributed by atoms with E-state index in [9.17, 15) is 0 Å². The third-order valence-electron chi connectivity index (χ3n) is 1.40. The Bertz CT molecular complexity index is 275. The van der Waals surface area contributed by atoms with Gasteiger partial charge in [0.15, 0.2) is 0 Å². The van der Waals surface area contributed by atoms with Crippen molar-refractivity contribution < 1.29 is 0 Å². The van der Waals surface area contributed by atoms with Crippen LogP contribution in [0.15, 0.2) is 22.9 Å². The Morgan fingerprint density at radius 1 is 1.64 bits per heavy atom. The van der Waals surface area contributed by atoms with Crippen molar-refractivity contribution in [3.8, 4) is 12.3 Å². The molecule has 0 radical (unpaired) electrons. The predicted octanol–water partition coefficient (Wildman–Crippen LogP) is 2.41. The molecule has 0 aliphatic heterocycles. The Balaban J connectivity index is 2.71. The lowest BCUT2D eigenvalue weighted by Crippen LogP contribution is -1.85. The van der Waals surface area contributed by atoms with Gasteiger partial charge in [0.2, 0.25) is 0 Å². The summed E-state index contributed by atoms with van der Waals surface area (Å²) in [4.78, 5) is 3.95. The van der Waals surface area contributed by atoms with Crippen molar-refractivity contribution in [1.82, 2.24) is 4.98 Å². The zero-order valence-corrected chi connectivity index (χ0v) is 7.63. The molecule has 0 amide bonds. The van der Waals surface area contributed by atoms with Crippen LogP contribution in [-0.2, 0) is 6.42 Å². The maximum Gasteiger partial charge on any atom is 0.0412 e. The van der Waals surface area contributed by atoms with E-state index in [1.165, 1.54) is 5.56 Å². The Kier molecular flexibility index (Phi) is 3.13. The molecule has 0 spiro atoms. The van der Waals surface area contributed by atoms with Crippen molar-refractivity contribution in [1.29, 1.82) is 0 Å². The van der Waals surface area contributed by atoms with Gasteiger partial charge in [0.1, 0.15) is 0 Å². The van der Waals surface area contributed by atoms with Gasteiger partial charge < -0.3 is 0 Å². The van der Waals surface area contributed by atoms with Gasteiger partial charge in [-0.05, 0) is 34.0 Å². The number of pyridine rings is 1. The quantitative estimate of drug-likeness (QED) is 0.683. The minimum Gasteiger partial charge on any atom is -0.264 e. The number of halogens is 1. The fourth-order valence-corrected chi connectivity index (χ4v) is 1.26. The number of hydrogen-bond donors (Lipinski definition) is 0. The van der Waals surface area contributed by atoms with Gasteiger partial charge >= 0.3 is 0 Å². The fraction of sp³-hybridized carbons (Fsp3) is 0.222. The number of nitrogens with zero attached hydrogens (tertiary/aromatic N) is 1. The molecule has 1 heterocycles. The van der Waals surface area contributed by atoms with Gasteiger partial charge in [-0.2, -0.15) is 0 Å². The summed E-state index contributed by atoms with van der Waals surface area (Å²) in [5.74, 6) is 2.60. The smallest absolute Gasteiger partial charge is 0.0412 e. The number of hydrogen-bond acceptors (Lipinski definition) is 1. The molecule has 0 saturated heterocycles. The van der Waals surface area contributed by atoms with Crippen LogP contribution >= 0.6 is 15.9 Å². The molecule has 0 aliphatic carbocycles. The molecule has 0 aromatic carbocycles. The molecule has 0 unspecified atom stereocenters. The van der Waals surface area contributed by atoms with Gasteiger partial charge in [-0.25, -0.2) is 0 Å². The molecule has 11 heavy (non-hydrogen) atoms. The van der Waals surface area contributed by atoms with Crippen LogP contribution in [0.5, 0.6) is 0 Å². The first-order chi connectivity index (χ1) is 5.34. The van der Waals surface area contributed by atoms with Crippen molar-refractivity contribution in [2.45, 2.75) is 12.8 Å². The minimum atomic E-state index is 0.780. The van der Waals surface area contributed by atoms with E-state index in [-0.39, 0.29) is 0 Å². The van der Waals surface area contributed by atoms with Crippen LogP contribution in [-0.4, -0.2) is 4.98 Å². The van der Waals surface area contributed by atoms with Crippen LogP contribution in [0.2, 0.25) is 0 Å². The van der Waals surface area contributed by atoms with Crippen molar-refractivity contribution in [2.24, 2.45) is 0 Å². The molecule has 2 heteroatoms. The van der Waals surface area contributed by atoms with Crippen LogP contribution in [0, 0.1) is 12.3 Å². The van der Waals surface area contributed by atoms with Gasteiger partial charge in [0, 0.05) is 23.3 Å². The monoisotopic (exact) mass is 209 g/mol. The molecule has 0 saturated carbocycles. The van der Waals surface area contributed by atoms with E-state index in [1.54, 1.807) is 12.4 Å². The van der Waals surface area contributed by atoms with Crippen molar-refractivity contribution >= 4 is 15.9 Å². The summed E-state index contributed by atoms with van der Waals surface area (Å²) in [6, 6.07) is 1.97. The highest BCUT2D eigenvalue weighted by atomic mass is 79.9. The van der Waals surface area contributed by atoms with Crippen molar-refractivity contribution in [3.63, 3.8) is 0 Å². The van der Waals surface area contributed by atoms with Crippen LogP contribution in [0.25, 0.3) is 0 Å².